The SMILES string of the molecule is Cc1nc(C2CCCCO2)oc1CN. The van der Waals surface area contributed by atoms with Crippen LogP contribution in [-0.2, 0) is 11.3 Å². The minimum Gasteiger partial charge on any atom is -0.441 e. The van der Waals surface area contributed by atoms with Crippen molar-refractivity contribution in [3.8, 4) is 0 Å². The number of ether oxygens (including phenoxy) is 1. The molecule has 0 amide bonds. The summed E-state index contributed by atoms with van der Waals surface area (Å²) in [6.07, 6.45) is 3.37. The summed E-state index contributed by atoms with van der Waals surface area (Å²) in [5.74, 6) is 1.47. The Balaban J connectivity index is 2.14. The van der Waals surface area contributed by atoms with Crippen LogP contribution in [0, 0.1) is 6.92 Å². The van der Waals surface area contributed by atoms with E-state index in [0.717, 1.165) is 30.9 Å². The zero-order chi connectivity index (χ0) is 9.97. The van der Waals surface area contributed by atoms with Gasteiger partial charge < -0.3 is 14.9 Å². The predicted molar refractivity (Wildman–Crippen MR) is 51.7 cm³/mol. The largest absolute Gasteiger partial charge is 0.441 e. The van der Waals surface area contributed by atoms with E-state index in [1.54, 1.807) is 0 Å². The number of aromatic nitrogens is 1. The summed E-state index contributed by atoms with van der Waals surface area (Å²) in [6, 6.07) is 0. The second-order valence-corrected chi connectivity index (χ2v) is 3.62. The van der Waals surface area contributed by atoms with E-state index >= 15 is 0 Å². The minimum atomic E-state index is 0.0442. The highest BCUT2D eigenvalue weighted by Crippen LogP contribution is 2.28. The van der Waals surface area contributed by atoms with Crippen LogP contribution in [0.1, 0.15) is 42.7 Å². The van der Waals surface area contributed by atoms with Crippen LogP contribution in [0.3, 0.4) is 0 Å². The van der Waals surface area contributed by atoms with Crippen molar-refractivity contribution in [2.75, 3.05) is 6.61 Å². The third kappa shape index (κ3) is 1.81. The molecule has 1 fully saturated rings. The van der Waals surface area contributed by atoms with Crippen LogP contribution in [-0.4, -0.2) is 11.6 Å². The molecule has 0 aromatic carbocycles. The Bertz CT molecular complexity index is 303. The highest BCUT2D eigenvalue weighted by Gasteiger charge is 2.22. The van der Waals surface area contributed by atoms with E-state index in [0.29, 0.717) is 12.4 Å². The Morgan fingerprint density at radius 2 is 2.36 bits per heavy atom. The van der Waals surface area contributed by atoms with Gasteiger partial charge in [-0.1, -0.05) is 0 Å². The van der Waals surface area contributed by atoms with Gasteiger partial charge in [-0.15, -0.1) is 0 Å². The van der Waals surface area contributed by atoms with Crippen molar-refractivity contribution < 1.29 is 9.15 Å². The third-order valence-corrected chi connectivity index (χ3v) is 2.55. The van der Waals surface area contributed by atoms with Gasteiger partial charge in [0.05, 0.1) is 12.2 Å². The number of rotatable bonds is 2. The molecule has 4 heteroatoms. The van der Waals surface area contributed by atoms with Crippen LogP contribution in [0.2, 0.25) is 0 Å². The maximum absolute atomic E-state index is 5.58. The molecular formula is C10H16N2O2. The Hall–Kier alpha value is -0.870. The number of hydrogen-bond donors (Lipinski definition) is 1. The molecule has 2 rings (SSSR count). The first-order valence-corrected chi connectivity index (χ1v) is 5.09. The first kappa shape index (κ1) is 9.68. The summed E-state index contributed by atoms with van der Waals surface area (Å²) in [5.41, 5.74) is 6.40. The lowest BCUT2D eigenvalue weighted by Crippen LogP contribution is -2.11. The van der Waals surface area contributed by atoms with Crippen molar-refractivity contribution in [3.63, 3.8) is 0 Å². The number of nitrogens with two attached hydrogens (primary N) is 1. The van der Waals surface area contributed by atoms with Gasteiger partial charge in [0.15, 0.2) is 0 Å². The van der Waals surface area contributed by atoms with Crippen molar-refractivity contribution in [3.05, 3.63) is 17.3 Å². The van der Waals surface area contributed by atoms with Gasteiger partial charge in [-0.25, -0.2) is 4.98 Å². The summed E-state index contributed by atoms with van der Waals surface area (Å²) >= 11 is 0. The van der Waals surface area contributed by atoms with Gasteiger partial charge in [0.1, 0.15) is 11.9 Å². The maximum Gasteiger partial charge on any atom is 0.223 e. The molecule has 0 spiro atoms. The monoisotopic (exact) mass is 196 g/mol. The molecule has 0 saturated carbocycles. The molecule has 14 heavy (non-hydrogen) atoms. The fourth-order valence-corrected chi connectivity index (χ4v) is 1.71. The first-order chi connectivity index (χ1) is 6.81. The Labute approximate surface area is 83.4 Å². The van der Waals surface area contributed by atoms with Crippen molar-refractivity contribution in [2.24, 2.45) is 5.73 Å². The molecule has 1 saturated heterocycles. The van der Waals surface area contributed by atoms with Crippen molar-refractivity contribution >= 4 is 0 Å². The molecule has 0 bridgehead atoms. The van der Waals surface area contributed by atoms with E-state index < -0.39 is 0 Å². The van der Waals surface area contributed by atoms with Crippen LogP contribution in [0.25, 0.3) is 0 Å². The fraction of sp³-hybridized carbons (Fsp3) is 0.700. The van der Waals surface area contributed by atoms with Gasteiger partial charge in [-0.3, -0.25) is 0 Å². The molecule has 0 aliphatic carbocycles. The fourth-order valence-electron chi connectivity index (χ4n) is 1.71. The average Bonchev–Trinajstić information content (AvgIpc) is 2.61. The lowest BCUT2D eigenvalue weighted by atomic mass is 10.1. The second kappa shape index (κ2) is 4.11. The third-order valence-electron chi connectivity index (χ3n) is 2.55. The zero-order valence-electron chi connectivity index (χ0n) is 8.45. The van der Waals surface area contributed by atoms with E-state index in [4.69, 9.17) is 14.9 Å². The van der Waals surface area contributed by atoms with Crippen molar-refractivity contribution in [1.82, 2.24) is 4.98 Å². The number of oxazole rings is 1. The zero-order valence-corrected chi connectivity index (χ0v) is 8.45. The van der Waals surface area contributed by atoms with Crippen LogP contribution in [0.5, 0.6) is 0 Å². The quantitative estimate of drug-likeness (QED) is 0.781. The smallest absolute Gasteiger partial charge is 0.223 e. The van der Waals surface area contributed by atoms with E-state index in [9.17, 15) is 0 Å². The molecular weight excluding hydrogens is 180 g/mol. The maximum atomic E-state index is 5.58. The molecule has 1 aromatic heterocycles. The topological polar surface area (TPSA) is 61.3 Å². The van der Waals surface area contributed by atoms with E-state index in [2.05, 4.69) is 4.98 Å². The summed E-state index contributed by atoms with van der Waals surface area (Å²) in [4.78, 5) is 4.33. The molecule has 1 aliphatic rings. The Morgan fingerprint density at radius 3 is 2.93 bits per heavy atom. The summed E-state index contributed by atoms with van der Waals surface area (Å²) < 4.78 is 11.1. The van der Waals surface area contributed by atoms with Gasteiger partial charge in [0, 0.05) is 6.61 Å². The lowest BCUT2D eigenvalue weighted by Gasteiger charge is -2.19. The van der Waals surface area contributed by atoms with Crippen LogP contribution >= 0.6 is 0 Å². The molecule has 4 nitrogen and oxygen atoms in total. The minimum absolute atomic E-state index is 0.0442. The predicted octanol–water partition coefficient (Wildman–Crippen LogP) is 1.68. The van der Waals surface area contributed by atoms with E-state index in [1.807, 2.05) is 6.92 Å². The second-order valence-electron chi connectivity index (χ2n) is 3.62. The standard InChI is InChI=1S/C10H16N2O2/c1-7-9(6-11)14-10(12-7)8-4-2-3-5-13-8/h8H,2-6,11H2,1H3. The normalized spacial score (nSPS) is 22.6. The van der Waals surface area contributed by atoms with Gasteiger partial charge in [0.2, 0.25) is 5.89 Å². The van der Waals surface area contributed by atoms with Gasteiger partial charge in [0.25, 0.3) is 0 Å². The van der Waals surface area contributed by atoms with Gasteiger partial charge >= 0.3 is 0 Å². The lowest BCUT2D eigenvalue weighted by molar-refractivity contribution is -0.00203. The number of hydrogen-bond acceptors (Lipinski definition) is 4. The first-order valence-electron chi connectivity index (χ1n) is 5.09. The molecule has 1 unspecified atom stereocenters. The number of nitrogens with zero attached hydrogens (tertiary/aromatic N) is 1. The summed E-state index contributed by atoms with van der Waals surface area (Å²) in [5, 5.41) is 0. The average molecular weight is 196 g/mol. The summed E-state index contributed by atoms with van der Waals surface area (Å²) in [6.45, 7) is 3.13. The Morgan fingerprint density at radius 1 is 1.50 bits per heavy atom. The molecule has 2 N–H and O–H groups in total. The van der Waals surface area contributed by atoms with Gasteiger partial charge in [-0.2, -0.15) is 0 Å². The van der Waals surface area contributed by atoms with E-state index in [1.165, 1.54) is 6.42 Å². The molecule has 1 aliphatic heterocycles. The summed E-state index contributed by atoms with van der Waals surface area (Å²) in [7, 11) is 0. The molecule has 1 aromatic rings. The van der Waals surface area contributed by atoms with E-state index in [-0.39, 0.29) is 6.10 Å². The molecule has 1 atom stereocenters. The van der Waals surface area contributed by atoms with Crippen LogP contribution < -0.4 is 5.73 Å². The van der Waals surface area contributed by atoms with Crippen LogP contribution in [0.15, 0.2) is 4.42 Å². The highest BCUT2D eigenvalue weighted by molar-refractivity contribution is 5.08. The number of aryl methyl sites for hydroxylation is 1. The van der Waals surface area contributed by atoms with Crippen molar-refractivity contribution in [2.45, 2.75) is 38.8 Å². The molecule has 78 valence electrons. The van der Waals surface area contributed by atoms with Crippen LogP contribution in [0.4, 0.5) is 0 Å². The van der Waals surface area contributed by atoms with Gasteiger partial charge in [-0.05, 0) is 26.2 Å². The molecule has 0 radical (unpaired) electrons. The Kier molecular flexibility index (Phi) is 2.84. The highest BCUT2D eigenvalue weighted by atomic mass is 16.5. The van der Waals surface area contributed by atoms with Crippen molar-refractivity contribution in [1.29, 1.82) is 0 Å². The molecule has 2 heterocycles.